The average Bonchev–Trinajstić information content (AvgIpc) is 3.20. The van der Waals surface area contributed by atoms with Crippen molar-refractivity contribution in [2.75, 3.05) is 5.75 Å². The molecule has 0 saturated heterocycles. The molecule has 0 amide bonds. The molecule has 2 aromatic carbocycles. The van der Waals surface area contributed by atoms with Gasteiger partial charge >= 0.3 is 0 Å². The first-order valence-electron chi connectivity index (χ1n) is 10.6. The minimum Gasteiger partial charge on any atom is -0.297 e. The van der Waals surface area contributed by atoms with E-state index in [2.05, 4.69) is 51.8 Å². The molecule has 0 aliphatic rings. The van der Waals surface area contributed by atoms with Crippen molar-refractivity contribution in [1.29, 1.82) is 0 Å². The lowest BCUT2D eigenvalue weighted by Crippen LogP contribution is -2.11. The first kappa shape index (κ1) is 22.0. The molecule has 6 heteroatoms. The summed E-state index contributed by atoms with van der Waals surface area (Å²) in [4.78, 5) is 17.4. The van der Waals surface area contributed by atoms with Crippen LogP contribution in [0.5, 0.6) is 0 Å². The summed E-state index contributed by atoms with van der Waals surface area (Å²) < 4.78 is 2.06. The van der Waals surface area contributed by atoms with Gasteiger partial charge in [0.1, 0.15) is 0 Å². The van der Waals surface area contributed by atoms with E-state index < -0.39 is 0 Å². The number of aromatic nitrogens is 4. The molecule has 0 bridgehead atoms. The standard InChI is InChI=1S/C26H26N4OS/c1-17-13-18(2)20(4)24(19(17)3)23(31)16-32-26-29-28-25(22-11-8-12-27-14-22)30(26)15-21-9-6-5-7-10-21/h5-14H,15-16H2,1-4H3. The van der Waals surface area contributed by atoms with Gasteiger partial charge in [-0.1, -0.05) is 48.2 Å². The van der Waals surface area contributed by atoms with Gasteiger partial charge in [-0.25, -0.2) is 0 Å². The quantitative estimate of drug-likeness (QED) is 0.275. The van der Waals surface area contributed by atoms with Crippen molar-refractivity contribution in [3.05, 3.63) is 94.3 Å². The first-order chi connectivity index (χ1) is 15.5. The highest BCUT2D eigenvalue weighted by Crippen LogP contribution is 2.28. The molecule has 4 aromatic rings. The Morgan fingerprint density at radius 2 is 1.66 bits per heavy atom. The minimum atomic E-state index is 0.119. The lowest BCUT2D eigenvalue weighted by molar-refractivity contribution is 0.102. The topological polar surface area (TPSA) is 60.7 Å². The summed E-state index contributed by atoms with van der Waals surface area (Å²) in [5.74, 6) is 1.18. The second kappa shape index (κ2) is 9.49. The molecule has 0 fully saturated rings. The lowest BCUT2D eigenvalue weighted by Gasteiger charge is -2.14. The van der Waals surface area contributed by atoms with Crippen LogP contribution in [0, 0.1) is 27.7 Å². The molecule has 0 unspecified atom stereocenters. The van der Waals surface area contributed by atoms with Gasteiger partial charge in [0.2, 0.25) is 0 Å². The third-order valence-electron chi connectivity index (χ3n) is 5.80. The molecule has 0 spiro atoms. The second-order valence-electron chi connectivity index (χ2n) is 7.97. The van der Waals surface area contributed by atoms with Gasteiger partial charge in [-0.2, -0.15) is 0 Å². The molecule has 0 radical (unpaired) electrons. The Kier molecular flexibility index (Phi) is 6.51. The van der Waals surface area contributed by atoms with Gasteiger partial charge in [0, 0.05) is 23.5 Å². The molecule has 0 aliphatic heterocycles. The summed E-state index contributed by atoms with van der Waals surface area (Å²) in [6.07, 6.45) is 3.53. The van der Waals surface area contributed by atoms with Crippen LogP contribution in [-0.2, 0) is 6.54 Å². The Morgan fingerprint density at radius 1 is 0.938 bits per heavy atom. The van der Waals surface area contributed by atoms with Crippen LogP contribution >= 0.6 is 11.8 Å². The molecule has 0 N–H and O–H groups in total. The number of rotatable bonds is 7. The molecule has 2 aromatic heterocycles. The molecular formula is C26H26N4OS. The van der Waals surface area contributed by atoms with Gasteiger partial charge in [-0.15, -0.1) is 10.2 Å². The predicted octanol–water partition coefficient (Wildman–Crippen LogP) is 5.60. The average molecular weight is 443 g/mol. The molecule has 5 nitrogen and oxygen atoms in total. The fraction of sp³-hybridized carbons (Fsp3) is 0.231. The number of carbonyl (C=O) groups is 1. The van der Waals surface area contributed by atoms with E-state index in [1.54, 1.807) is 12.4 Å². The van der Waals surface area contributed by atoms with E-state index in [0.717, 1.165) is 49.9 Å². The summed E-state index contributed by atoms with van der Waals surface area (Å²) in [7, 11) is 0. The zero-order valence-corrected chi connectivity index (χ0v) is 19.6. The van der Waals surface area contributed by atoms with E-state index in [-0.39, 0.29) is 5.78 Å². The zero-order valence-electron chi connectivity index (χ0n) is 18.8. The van der Waals surface area contributed by atoms with Crippen LogP contribution in [0.1, 0.15) is 38.2 Å². The van der Waals surface area contributed by atoms with E-state index in [1.807, 2.05) is 44.2 Å². The van der Waals surface area contributed by atoms with E-state index >= 15 is 0 Å². The van der Waals surface area contributed by atoms with Gasteiger partial charge in [0.25, 0.3) is 0 Å². The molecule has 0 atom stereocenters. The zero-order chi connectivity index (χ0) is 22.7. The third-order valence-corrected chi connectivity index (χ3v) is 6.76. The van der Waals surface area contributed by atoms with E-state index in [0.29, 0.717) is 12.3 Å². The van der Waals surface area contributed by atoms with Crippen LogP contribution in [0.25, 0.3) is 11.4 Å². The molecular weight excluding hydrogens is 416 g/mol. The monoisotopic (exact) mass is 442 g/mol. The number of pyridine rings is 1. The summed E-state index contributed by atoms with van der Waals surface area (Å²) in [5, 5.41) is 9.59. The van der Waals surface area contributed by atoms with Crippen molar-refractivity contribution in [2.24, 2.45) is 0 Å². The van der Waals surface area contributed by atoms with E-state index in [4.69, 9.17) is 0 Å². The Bertz CT molecular complexity index is 1220. The summed E-state index contributed by atoms with van der Waals surface area (Å²) >= 11 is 1.43. The number of nitrogens with zero attached hydrogens (tertiary/aromatic N) is 4. The fourth-order valence-electron chi connectivity index (χ4n) is 3.85. The number of carbonyl (C=O) groups excluding carboxylic acids is 1. The highest BCUT2D eigenvalue weighted by molar-refractivity contribution is 7.99. The number of Topliss-reactive ketones (excluding diaryl/α,β-unsaturated/α-hetero) is 1. The Balaban J connectivity index is 1.64. The SMILES string of the molecule is Cc1cc(C)c(C)c(C(=O)CSc2nnc(-c3cccnc3)n2Cc2ccccc2)c1C. The maximum atomic E-state index is 13.2. The van der Waals surface area contributed by atoms with Crippen molar-refractivity contribution in [3.8, 4) is 11.4 Å². The highest BCUT2D eigenvalue weighted by Gasteiger charge is 2.19. The maximum Gasteiger partial charge on any atom is 0.192 e. The van der Waals surface area contributed by atoms with Crippen molar-refractivity contribution >= 4 is 17.5 Å². The van der Waals surface area contributed by atoms with Crippen LogP contribution in [0.3, 0.4) is 0 Å². The van der Waals surface area contributed by atoms with Gasteiger partial charge in [-0.3, -0.25) is 14.3 Å². The van der Waals surface area contributed by atoms with Crippen molar-refractivity contribution in [3.63, 3.8) is 0 Å². The number of ketones is 1. The maximum absolute atomic E-state index is 13.2. The molecule has 162 valence electrons. The third kappa shape index (κ3) is 4.50. The smallest absolute Gasteiger partial charge is 0.192 e. The summed E-state index contributed by atoms with van der Waals surface area (Å²) in [6, 6.07) is 16.2. The summed E-state index contributed by atoms with van der Waals surface area (Å²) in [5.41, 5.74) is 7.28. The number of aryl methyl sites for hydroxylation is 2. The van der Waals surface area contributed by atoms with Gasteiger partial charge in [-0.05, 0) is 67.6 Å². The Labute approximate surface area is 192 Å². The largest absolute Gasteiger partial charge is 0.297 e. The molecule has 4 rings (SSSR count). The number of benzene rings is 2. The van der Waals surface area contributed by atoms with Gasteiger partial charge in [0.05, 0.1) is 12.3 Å². The van der Waals surface area contributed by atoms with Crippen LogP contribution < -0.4 is 0 Å². The normalized spacial score (nSPS) is 11.0. The van der Waals surface area contributed by atoms with Crippen molar-refractivity contribution in [1.82, 2.24) is 19.7 Å². The highest BCUT2D eigenvalue weighted by atomic mass is 32.2. The van der Waals surface area contributed by atoms with Gasteiger partial charge < -0.3 is 0 Å². The van der Waals surface area contributed by atoms with Crippen LogP contribution in [-0.4, -0.2) is 31.3 Å². The van der Waals surface area contributed by atoms with Crippen LogP contribution in [0.2, 0.25) is 0 Å². The number of hydrogen-bond acceptors (Lipinski definition) is 5. The Hall–Kier alpha value is -3.25. The summed E-state index contributed by atoms with van der Waals surface area (Å²) in [6.45, 7) is 8.79. The second-order valence-corrected chi connectivity index (χ2v) is 8.91. The van der Waals surface area contributed by atoms with Crippen LogP contribution in [0.15, 0.2) is 66.1 Å². The molecule has 2 heterocycles. The predicted molar refractivity (Wildman–Crippen MR) is 129 cm³/mol. The van der Waals surface area contributed by atoms with Gasteiger partial charge in [0.15, 0.2) is 16.8 Å². The molecule has 32 heavy (non-hydrogen) atoms. The van der Waals surface area contributed by atoms with E-state index in [9.17, 15) is 4.79 Å². The van der Waals surface area contributed by atoms with Crippen molar-refractivity contribution in [2.45, 2.75) is 39.4 Å². The molecule has 0 aliphatic carbocycles. The minimum absolute atomic E-state index is 0.119. The van der Waals surface area contributed by atoms with Crippen molar-refractivity contribution < 1.29 is 4.79 Å². The first-order valence-corrected chi connectivity index (χ1v) is 11.5. The lowest BCUT2D eigenvalue weighted by atomic mass is 9.92. The number of hydrogen-bond donors (Lipinski definition) is 0. The van der Waals surface area contributed by atoms with Crippen LogP contribution in [0.4, 0.5) is 0 Å². The van der Waals surface area contributed by atoms with E-state index in [1.165, 1.54) is 11.8 Å². The Morgan fingerprint density at radius 3 is 2.31 bits per heavy atom. The fourth-order valence-corrected chi connectivity index (χ4v) is 4.66. The number of thioether (sulfide) groups is 1. The molecule has 0 saturated carbocycles.